The lowest BCUT2D eigenvalue weighted by atomic mass is 9.85. The topological polar surface area (TPSA) is 95.4 Å². The van der Waals surface area contributed by atoms with Crippen LogP contribution in [-0.4, -0.2) is 17.4 Å². The van der Waals surface area contributed by atoms with Crippen molar-refractivity contribution >= 4 is 23.1 Å². The Balaban J connectivity index is 2.71. The number of rotatable bonds is 9. The molecule has 0 saturated carbocycles. The average Bonchev–Trinajstić information content (AvgIpc) is 2.52. The summed E-state index contributed by atoms with van der Waals surface area (Å²) in [5.41, 5.74) is 13.6. The third-order valence-corrected chi connectivity index (χ3v) is 4.52. The van der Waals surface area contributed by atoms with E-state index in [1.165, 1.54) is 0 Å². The molecular weight excluding hydrogens is 328 g/mol. The summed E-state index contributed by atoms with van der Waals surface area (Å²) in [4.78, 5) is 24.8. The Labute approximate surface area is 157 Å². The van der Waals surface area contributed by atoms with Gasteiger partial charge in [0.05, 0.1) is 0 Å². The van der Waals surface area contributed by atoms with Gasteiger partial charge in [-0.3, -0.25) is 9.59 Å². The monoisotopic (exact) mass is 362 g/mol. The van der Waals surface area contributed by atoms with Crippen LogP contribution in [0.1, 0.15) is 65.9 Å². The van der Waals surface area contributed by atoms with Crippen LogP contribution < -0.4 is 11.5 Å². The Morgan fingerprint density at radius 3 is 2.27 bits per heavy atom. The van der Waals surface area contributed by atoms with E-state index in [9.17, 15) is 9.59 Å². The van der Waals surface area contributed by atoms with E-state index in [1.54, 1.807) is 12.1 Å². The number of nitrogen functional groups attached to an aromatic ring is 2. The van der Waals surface area contributed by atoms with Crippen LogP contribution in [0.5, 0.6) is 0 Å². The highest BCUT2D eigenvalue weighted by Gasteiger charge is 2.25. The quantitative estimate of drug-likeness (QED) is 0.508. The number of carbonyl (C=O) groups is 2. The molecule has 0 aliphatic heterocycles. The highest BCUT2D eigenvalue weighted by molar-refractivity contribution is 5.82. The second-order valence-electron chi connectivity index (χ2n) is 8.00. The molecule has 1 aromatic rings. The Morgan fingerprint density at radius 1 is 1.08 bits per heavy atom. The van der Waals surface area contributed by atoms with E-state index in [0.29, 0.717) is 24.2 Å². The fraction of sp³-hybridized carbons (Fsp3) is 0.619. The van der Waals surface area contributed by atoms with E-state index in [4.69, 9.17) is 16.2 Å². The predicted octanol–water partition coefficient (Wildman–Crippen LogP) is 4.14. The minimum atomic E-state index is -0.504. The van der Waals surface area contributed by atoms with E-state index in [-0.39, 0.29) is 30.0 Å². The third-order valence-electron chi connectivity index (χ3n) is 4.52. The van der Waals surface area contributed by atoms with Gasteiger partial charge in [-0.1, -0.05) is 20.3 Å². The molecule has 0 saturated heterocycles. The average molecular weight is 363 g/mol. The first kappa shape index (κ1) is 22.0. The summed E-state index contributed by atoms with van der Waals surface area (Å²) < 4.78 is 5.38. The van der Waals surface area contributed by atoms with E-state index in [2.05, 4.69) is 0 Å². The number of nitrogens with two attached hydrogens (primary N) is 2. The zero-order valence-electron chi connectivity index (χ0n) is 16.8. The van der Waals surface area contributed by atoms with Crippen LogP contribution in [0.2, 0.25) is 0 Å². The van der Waals surface area contributed by atoms with E-state index in [0.717, 1.165) is 18.4 Å². The van der Waals surface area contributed by atoms with Gasteiger partial charge in [-0.05, 0) is 63.3 Å². The Kier molecular flexibility index (Phi) is 8.12. The lowest BCUT2D eigenvalue weighted by Crippen LogP contribution is -2.26. The molecule has 0 bridgehead atoms. The lowest BCUT2D eigenvalue weighted by molar-refractivity contribution is -0.156. The molecule has 0 aromatic heterocycles. The molecule has 4 N–H and O–H groups in total. The van der Waals surface area contributed by atoms with Gasteiger partial charge < -0.3 is 16.2 Å². The zero-order valence-corrected chi connectivity index (χ0v) is 16.8. The fourth-order valence-corrected chi connectivity index (χ4v) is 2.98. The molecule has 2 atom stereocenters. The number of esters is 1. The van der Waals surface area contributed by atoms with Crippen molar-refractivity contribution in [3.8, 4) is 0 Å². The van der Waals surface area contributed by atoms with Crippen molar-refractivity contribution in [3.63, 3.8) is 0 Å². The van der Waals surface area contributed by atoms with Crippen molar-refractivity contribution in [2.75, 3.05) is 11.5 Å². The molecule has 0 heterocycles. The molecule has 146 valence electrons. The summed E-state index contributed by atoms with van der Waals surface area (Å²) in [7, 11) is 0. The maximum atomic E-state index is 12.8. The Hall–Kier alpha value is -2.04. The van der Waals surface area contributed by atoms with Crippen molar-refractivity contribution in [1.29, 1.82) is 0 Å². The highest BCUT2D eigenvalue weighted by Crippen LogP contribution is 2.25. The summed E-state index contributed by atoms with van der Waals surface area (Å²) in [5, 5.41) is 0. The zero-order chi connectivity index (χ0) is 19.9. The largest absolute Gasteiger partial charge is 0.460 e. The summed E-state index contributed by atoms with van der Waals surface area (Å²) in [6, 6.07) is 5.37. The van der Waals surface area contributed by atoms with Crippen molar-refractivity contribution in [3.05, 3.63) is 23.8 Å². The molecule has 5 nitrogen and oxygen atoms in total. The third kappa shape index (κ3) is 7.46. The normalized spacial score (nSPS) is 13.9. The molecule has 0 spiro atoms. The minimum absolute atomic E-state index is 0.00425. The van der Waals surface area contributed by atoms with Crippen molar-refractivity contribution < 1.29 is 14.3 Å². The maximum Gasteiger partial charge on any atom is 0.306 e. The first-order valence-electron chi connectivity index (χ1n) is 9.44. The standard InChI is InChI=1S/C21H34N2O3/c1-6-14(11-20(25)26-21(3,4)5)10-19(24)15(7-2)12-16-13-17(22)8-9-18(16)23/h8-9,13-15H,6-7,10-12,22-23H2,1-5H3. The van der Waals surface area contributed by atoms with Gasteiger partial charge in [-0.25, -0.2) is 0 Å². The van der Waals surface area contributed by atoms with Gasteiger partial charge in [0.15, 0.2) is 0 Å². The van der Waals surface area contributed by atoms with Crippen LogP contribution in [0.25, 0.3) is 0 Å². The number of hydrogen-bond acceptors (Lipinski definition) is 5. The minimum Gasteiger partial charge on any atom is -0.460 e. The van der Waals surface area contributed by atoms with E-state index < -0.39 is 5.60 Å². The number of anilines is 2. The summed E-state index contributed by atoms with van der Waals surface area (Å²) in [5.74, 6) is -0.189. The number of ketones is 1. The van der Waals surface area contributed by atoms with Crippen molar-refractivity contribution in [2.24, 2.45) is 11.8 Å². The first-order chi connectivity index (χ1) is 12.1. The van der Waals surface area contributed by atoms with Crippen LogP contribution in [0.4, 0.5) is 11.4 Å². The predicted molar refractivity (Wildman–Crippen MR) is 107 cm³/mol. The molecule has 0 aliphatic rings. The van der Waals surface area contributed by atoms with Crippen molar-refractivity contribution in [2.45, 2.75) is 72.3 Å². The fourth-order valence-electron chi connectivity index (χ4n) is 2.98. The summed E-state index contributed by atoms with van der Waals surface area (Å²) >= 11 is 0. The summed E-state index contributed by atoms with van der Waals surface area (Å²) in [6.45, 7) is 9.54. The van der Waals surface area contributed by atoms with Crippen LogP contribution in [0, 0.1) is 11.8 Å². The van der Waals surface area contributed by atoms with Crippen LogP contribution in [0.15, 0.2) is 18.2 Å². The SMILES string of the molecule is CCC(CC(=O)OC(C)(C)C)CC(=O)C(CC)Cc1cc(N)ccc1N. The van der Waals surface area contributed by atoms with Crippen molar-refractivity contribution in [1.82, 2.24) is 0 Å². The number of hydrogen-bond donors (Lipinski definition) is 2. The molecular formula is C21H34N2O3. The molecule has 0 amide bonds. The molecule has 5 heteroatoms. The van der Waals surface area contributed by atoms with Gasteiger partial charge in [-0.2, -0.15) is 0 Å². The van der Waals surface area contributed by atoms with Gasteiger partial charge in [0.2, 0.25) is 0 Å². The maximum absolute atomic E-state index is 12.8. The highest BCUT2D eigenvalue weighted by atomic mass is 16.6. The van der Waals surface area contributed by atoms with Gasteiger partial charge in [-0.15, -0.1) is 0 Å². The van der Waals surface area contributed by atoms with Crippen LogP contribution >= 0.6 is 0 Å². The van der Waals surface area contributed by atoms with Gasteiger partial charge in [0.25, 0.3) is 0 Å². The first-order valence-corrected chi connectivity index (χ1v) is 9.44. The van der Waals surface area contributed by atoms with Gasteiger partial charge in [0.1, 0.15) is 11.4 Å². The van der Waals surface area contributed by atoms with E-state index in [1.807, 2.05) is 40.7 Å². The van der Waals surface area contributed by atoms with Crippen LogP contribution in [-0.2, 0) is 20.7 Å². The lowest BCUT2D eigenvalue weighted by Gasteiger charge is -2.22. The summed E-state index contributed by atoms with van der Waals surface area (Å²) in [6.07, 6.45) is 2.74. The molecule has 0 aliphatic carbocycles. The Morgan fingerprint density at radius 2 is 1.73 bits per heavy atom. The number of ether oxygens (including phenoxy) is 1. The number of benzene rings is 1. The van der Waals surface area contributed by atoms with Gasteiger partial charge in [0, 0.05) is 30.1 Å². The molecule has 0 fully saturated rings. The van der Waals surface area contributed by atoms with Gasteiger partial charge >= 0.3 is 5.97 Å². The molecule has 1 rings (SSSR count). The molecule has 0 radical (unpaired) electrons. The molecule has 26 heavy (non-hydrogen) atoms. The number of carbonyl (C=O) groups excluding carboxylic acids is 2. The molecule has 2 unspecified atom stereocenters. The smallest absolute Gasteiger partial charge is 0.306 e. The van der Waals surface area contributed by atoms with E-state index >= 15 is 0 Å². The molecule has 1 aromatic carbocycles. The number of Topliss-reactive ketones (excluding diaryl/α,β-unsaturated/α-hetero) is 1. The second-order valence-corrected chi connectivity index (χ2v) is 8.00. The second kappa shape index (κ2) is 9.60. The van der Waals surface area contributed by atoms with Crippen LogP contribution in [0.3, 0.4) is 0 Å². The Bertz CT molecular complexity index is 620.